The fraction of sp³-hybridized carbons (Fsp3) is 0.148. The Morgan fingerprint density at radius 1 is 1.03 bits per heavy atom. The Morgan fingerprint density at radius 2 is 1.76 bits per heavy atom. The van der Waals surface area contributed by atoms with Crippen molar-refractivity contribution in [3.63, 3.8) is 0 Å². The fourth-order valence-corrected chi connectivity index (χ4v) is 4.57. The van der Waals surface area contributed by atoms with Gasteiger partial charge in [-0.1, -0.05) is 42.5 Å². The largest absolute Gasteiger partial charge is 0.493 e. The van der Waals surface area contributed by atoms with Crippen LogP contribution in [0, 0.1) is 25.2 Å². The molecule has 0 unspecified atom stereocenters. The molecular weight excluding hydrogens is 446 g/mol. The van der Waals surface area contributed by atoms with E-state index in [2.05, 4.69) is 0 Å². The van der Waals surface area contributed by atoms with E-state index in [9.17, 15) is 4.79 Å². The number of amides is 1. The van der Waals surface area contributed by atoms with Gasteiger partial charge in [-0.2, -0.15) is 5.26 Å². The van der Waals surface area contributed by atoms with Crippen molar-refractivity contribution in [2.75, 3.05) is 18.6 Å². The number of aliphatic imine (C=N–C) groups is 1. The van der Waals surface area contributed by atoms with Gasteiger partial charge in [0.25, 0.3) is 5.91 Å². The quantitative estimate of drug-likeness (QED) is 0.413. The minimum atomic E-state index is -0.148. The number of amidine groups is 1. The van der Waals surface area contributed by atoms with Crippen LogP contribution >= 0.6 is 11.8 Å². The van der Waals surface area contributed by atoms with E-state index >= 15 is 0 Å². The number of hydrogen-bond acceptors (Lipinski definition) is 6. The summed E-state index contributed by atoms with van der Waals surface area (Å²) in [6.07, 6.45) is 1.81. The van der Waals surface area contributed by atoms with Crippen LogP contribution in [0.25, 0.3) is 6.08 Å². The number of nitriles is 1. The molecule has 1 aliphatic rings. The number of hydrogen-bond donors (Lipinski definition) is 0. The molecule has 1 saturated heterocycles. The molecule has 0 aromatic heterocycles. The number of rotatable bonds is 6. The van der Waals surface area contributed by atoms with E-state index < -0.39 is 0 Å². The first kappa shape index (κ1) is 23.1. The molecule has 1 heterocycles. The molecule has 0 saturated carbocycles. The number of anilines is 1. The zero-order valence-electron chi connectivity index (χ0n) is 19.1. The molecule has 7 heteroatoms. The average molecular weight is 470 g/mol. The van der Waals surface area contributed by atoms with E-state index in [0.29, 0.717) is 21.6 Å². The van der Waals surface area contributed by atoms with Gasteiger partial charge in [0.15, 0.2) is 23.3 Å². The van der Waals surface area contributed by atoms with E-state index in [1.165, 1.54) is 18.9 Å². The van der Waals surface area contributed by atoms with Gasteiger partial charge in [0.1, 0.15) is 6.07 Å². The van der Waals surface area contributed by atoms with Gasteiger partial charge in [0.05, 0.1) is 23.4 Å². The predicted octanol–water partition coefficient (Wildman–Crippen LogP) is 6.02. The Balaban J connectivity index is 1.76. The van der Waals surface area contributed by atoms with Crippen LogP contribution in [0.5, 0.6) is 11.5 Å². The van der Waals surface area contributed by atoms with Crippen LogP contribution in [-0.4, -0.2) is 24.8 Å². The molecule has 3 aromatic carbocycles. The second-order valence-corrected chi connectivity index (χ2v) is 8.59. The lowest BCUT2D eigenvalue weighted by Crippen LogP contribution is -2.28. The minimum Gasteiger partial charge on any atom is -0.493 e. The number of nitrogens with zero attached hydrogens (tertiary/aromatic N) is 3. The summed E-state index contributed by atoms with van der Waals surface area (Å²) in [5.74, 6) is 0.814. The molecule has 0 aliphatic carbocycles. The van der Waals surface area contributed by atoms with Crippen molar-refractivity contribution < 1.29 is 14.3 Å². The van der Waals surface area contributed by atoms with Crippen LogP contribution < -0.4 is 14.4 Å². The molecule has 1 fully saturated rings. The van der Waals surface area contributed by atoms with Crippen LogP contribution in [0.1, 0.15) is 16.7 Å². The van der Waals surface area contributed by atoms with Gasteiger partial charge in [-0.15, -0.1) is 0 Å². The lowest BCUT2D eigenvalue weighted by atomic mass is 10.1. The molecule has 0 spiro atoms. The second kappa shape index (κ2) is 10.3. The summed E-state index contributed by atoms with van der Waals surface area (Å²) in [4.78, 5) is 20.6. The van der Waals surface area contributed by atoms with E-state index in [-0.39, 0.29) is 12.5 Å². The first-order valence-electron chi connectivity index (χ1n) is 10.6. The van der Waals surface area contributed by atoms with Gasteiger partial charge < -0.3 is 9.47 Å². The number of carbonyl (C=O) groups excluding carboxylic acids is 1. The van der Waals surface area contributed by atoms with Crippen molar-refractivity contribution >= 4 is 40.3 Å². The van der Waals surface area contributed by atoms with Gasteiger partial charge >= 0.3 is 0 Å². The molecule has 1 aliphatic heterocycles. The highest BCUT2D eigenvalue weighted by Crippen LogP contribution is 2.39. The van der Waals surface area contributed by atoms with E-state index in [0.717, 1.165) is 28.1 Å². The summed E-state index contributed by atoms with van der Waals surface area (Å²) in [7, 11) is 1.54. The average Bonchev–Trinajstić information content (AvgIpc) is 3.15. The molecule has 0 bridgehead atoms. The number of carbonyl (C=O) groups is 1. The normalized spacial score (nSPS) is 15.6. The third-order valence-electron chi connectivity index (χ3n) is 5.25. The molecule has 0 N–H and O–H groups in total. The topological polar surface area (TPSA) is 74.9 Å². The Morgan fingerprint density at radius 3 is 2.44 bits per heavy atom. The van der Waals surface area contributed by atoms with E-state index in [1.807, 2.05) is 80.6 Å². The molecule has 4 rings (SSSR count). The van der Waals surface area contributed by atoms with Crippen molar-refractivity contribution in [1.82, 2.24) is 0 Å². The molecule has 0 radical (unpaired) electrons. The monoisotopic (exact) mass is 469 g/mol. The fourth-order valence-electron chi connectivity index (χ4n) is 3.59. The van der Waals surface area contributed by atoms with Gasteiger partial charge in [-0.05, 0) is 72.6 Å². The zero-order valence-corrected chi connectivity index (χ0v) is 19.9. The van der Waals surface area contributed by atoms with Gasteiger partial charge in [0.2, 0.25) is 0 Å². The van der Waals surface area contributed by atoms with Crippen LogP contribution in [0.4, 0.5) is 11.4 Å². The Bertz CT molecular complexity index is 1310. The van der Waals surface area contributed by atoms with Crippen molar-refractivity contribution in [1.29, 1.82) is 5.26 Å². The number of methoxy groups -OCH3 is 1. The van der Waals surface area contributed by atoms with E-state index in [1.54, 1.807) is 17.0 Å². The van der Waals surface area contributed by atoms with Crippen LogP contribution in [0.15, 0.2) is 76.6 Å². The van der Waals surface area contributed by atoms with Crippen LogP contribution in [-0.2, 0) is 4.79 Å². The number of benzene rings is 3. The number of ether oxygens (including phenoxy) is 2. The predicted molar refractivity (Wildman–Crippen MR) is 137 cm³/mol. The SMILES string of the molecule is COc1cc(/C=C2\SC(=Nc3c(C)cccc3C)N(c3ccccc3)C2=O)ccc1OCC#N. The molecule has 6 nitrogen and oxygen atoms in total. The second-order valence-electron chi connectivity index (χ2n) is 7.58. The summed E-state index contributed by atoms with van der Waals surface area (Å²) in [6, 6.07) is 22.8. The third kappa shape index (κ3) is 4.82. The summed E-state index contributed by atoms with van der Waals surface area (Å²) in [6.45, 7) is 3.95. The van der Waals surface area contributed by atoms with Crippen molar-refractivity contribution in [3.8, 4) is 17.6 Å². The molecule has 0 atom stereocenters. The standard InChI is InChI=1S/C27H23N3O3S/c1-18-8-7-9-19(2)25(18)29-27-30(21-10-5-4-6-11-21)26(31)24(34-27)17-20-12-13-22(33-15-14-28)23(16-20)32-3/h4-13,16-17H,15H2,1-3H3/b24-17-,29-27?. The molecular formula is C27H23N3O3S. The number of para-hydroxylation sites is 2. The van der Waals surface area contributed by atoms with Crippen molar-refractivity contribution in [2.24, 2.45) is 4.99 Å². The maximum Gasteiger partial charge on any atom is 0.271 e. The minimum absolute atomic E-state index is 0.0741. The number of aryl methyl sites for hydroxylation is 2. The Hall–Kier alpha value is -4.02. The molecule has 170 valence electrons. The molecule has 3 aromatic rings. The Kier molecular flexibility index (Phi) is 7.00. The highest BCUT2D eigenvalue weighted by molar-refractivity contribution is 8.19. The first-order valence-corrected chi connectivity index (χ1v) is 11.4. The van der Waals surface area contributed by atoms with Gasteiger partial charge in [-0.25, -0.2) is 4.99 Å². The van der Waals surface area contributed by atoms with Crippen LogP contribution in [0.3, 0.4) is 0 Å². The van der Waals surface area contributed by atoms with Crippen molar-refractivity contribution in [2.45, 2.75) is 13.8 Å². The van der Waals surface area contributed by atoms with Gasteiger partial charge in [-0.3, -0.25) is 9.69 Å². The summed E-state index contributed by atoms with van der Waals surface area (Å²) in [5.41, 5.74) is 4.48. The summed E-state index contributed by atoms with van der Waals surface area (Å²) < 4.78 is 10.8. The van der Waals surface area contributed by atoms with Gasteiger partial charge in [0, 0.05) is 0 Å². The number of thioether (sulfide) groups is 1. The van der Waals surface area contributed by atoms with Crippen LogP contribution in [0.2, 0.25) is 0 Å². The lowest BCUT2D eigenvalue weighted by molar-refractivity contribution is -0.113. The first-order chi connectivity index (χ1) is 16.5. The summed E-state index contributed by atoms with van der Waals surface area (Å²) in [5, 5.41) is 9.36. The third-order valence-corrected chi connectivity index (χ3v) is 6.21. The zero-order chi connectivity index (χ0) is 24.1. The Labute approximate surface area is 203 Å². The highest BCUT2D eigenvalue weighted by Gasteiger charge is 2.35. The summed E-state index contributed by atoms with van der Waals surface area (Å²) >= 11 is 1.33. The van der Waals surface area contributed by atoms with E-state index in [4.69, 9.17) is 19.7 Å². The maximum atomic E-state index is 13.5. The molecule has 34 heavy (non-hydrogen) atoms. The highest BCUT2D eigenvalue weighted by atomic mass is 32.2. The molecule has 1 amide bonds. The van der Waals surface area contributed by atoms with Crippen molar-refractivity contribution in [3.05, 3.63) is 88.3 Å². The smallest absolute Gasteiger partial charge is 0.271 e. The lowest BCUT2D eigenvalue weighted by Gasteiger charge is -2.16. The maximum absolute atomic E-state index is 13.5.